The van der Waals surface area contributed by atoms with Crippen molar-refractivity contribution < 1.29 is 15.0 Å². The van der Waals surface area contributed by atoms with Crippen molar-refractivity contribution in [3.8, 4) is 0 Å². The number of benzene rings is 1. The molecule has 0 spiro atoms. The molecule has 0 saturated heterocycles. The van der Waals surface area contributed by atoms with Gasteiger partial charge in [0.1, 0.15) is 0 Å². The van der Waals surface area contributed by atoms with Gasteiger partial charge in [-0.05, 0) is 12.5 Å². The molecule has 1 aliphatic carbocycles. The molecule has 1 aromatic rings. The smallest absolute Gasteiger partial charge is 0.179 e. The van der Waals surface area contributed by atoms with Crippen LogP contribution in [0.1, 0.15) is 18.4 Å². The normalized spacial score (nSPS) is 32.8. The molecule has 2 rings (SSSR count). The zero-order valence-corrected chi connectivity index (χ0v) is 7.84. The molecule has 1 fully saturated rings. The van der Waals surface area contributed by atoms with Crippen molar-refractivity contribution in [1.29, 1.82) is 0 Å². The fraction of sp³-hybridized carbons (Fsp3) is 0.364. The Balaban J connectivity index is 2.30. The molecule has 1 aliphatic rings. The number of rotatable bonds is 2. The number of ketones is 1. The summed E-state index contributed by atoms with van der Waals surface area (Å²) in [5.41, 5.74) is -0.789. The van der Waals surface area contributed by atoms with Crippen LogP contribution in [0, 0.1) is 0 Å². The van der Waals surface area contributed by atoms with E-state index in [1.165, 1.54) is 6.92 Å². The summed E-state index contributed by atoms with van der Waals surface area (Å²) in [5.74, 6) is -0.845. The van der Waals surface area contributed by atoms with E-state index in [0.717, 1.165) is 5.56 Å². The van der Waals surface area contributed by atoms with Gasteiger partial charge in [-0.1, -0.05) is 30.3 Å². The first-order valence-electron chi connectivity index (χ1n) is 4.58. The highest BCUT2D eigenvalue weighted by atomic mass is 16.4. The SMILES string of the molecule is CC(O)C1(O)C(=O)C1c1ccccc1. The summed E-state index contributed by atoms with van der Waals surface area (Å²) in [4.78, 5) is 11.4. The van der Waals surface area contributed by atoms with Crippen molar-refractivity contribution in [1.82, 2.24) is 0 Å². The van der Waals surface area contributed by atoms with E-state index >= 15 is 0 Å². The molecule has 74 valence electrons. The second-order valence-electron chi connectivity index (χ2n) is 3.71. The van der Waals surface area contributed by atoms with Gasteiger partial charge in [0.2, 0.25) is 0 Å². The quantitative estimate of drug-likeness (QED) is 0.716. The third kappa shape index (κ3) is 1.10. The van der Waals surface area contributed by atoms with Crippen LogP contribution < -0.4 is 0 Å². The average molecular weight is 192 g/mol. The highest BCUT2D eigenvalue weighted by molar-refractivity contribution is 6.12. The number of Topliss-reactive ketones (excluding diaryl/α,β-unsaturated/α-hetero) is 1. The Morgan fingerprint density at radius 3 is 2.36 bits per heavy atom. The number of aliphatic hydroxyl groups excluding tert-OH is 1. The fourth-order valence-electron chi connectivity index (χ4n) is 1.81. The molecule has 14 heavy (non-hydrogen) atoms. The molecule has 1 aromatic carbocycles. The molecule has 0 heterocycles. The van der Waals surface area contributed by atoms with Crippen LogP contribution in [0.4, 0.5) is 0 Å². The maximum atomic E-state index is 11.4. The van der Waals surface area contributed by atoms with Gasteiger partial charge in [0.15, 0.2) is 11.4 Å². The fourth-order valence-corrected chi connectivity index (χ4v) is 1.81. The molecule has 0 amide bonds. The summed E-state index contributed by atoms with van der Waals surface area (Å²) < 4.78 is 0. The van der Waals surface area contributed by atoms with Crippen molar-refractivity contribution in [2.75, 3.05) is 0 Å². The summed E-state index contributed by atoms with van der Waals surface area (Å²) >= 11 is 0. The molecule has 3 atom stereocenters. The zero-order chi connectivity index (χ0) is 10.3. The maximum Gasteiger partial charge on any atom is 0.179 e. The van der Waals surface area contributed by atoms with Crippen molar-refractivity contribution in [3.05, 3.63) is 35.9 Å². The van der Waals surface area contributed by atoms with E-state index in [2.05, 4.69) is 0 Å². The first kappa shape index (κ1) is 9.37. The average Bonchev–Trinajstić information content (AvgIpc) is 2.73. The van der Waals surface area contributed by atoms with E-state index in [9.17, 15) is 15.0 Å². The molecule has 0 aromatic heterocycles. The van der Waals surface area contributed by atoms with Crippen LogP contribution in [0.3, 0.4) is 0 Å². The number of hydrogen-bond acceptors (Lipinski definition) is 3. The van der Waals surface area contributed by atoms with Crippen molar-refractivity contribution in [2.24, 2.45) is 0 Å². The molecule has 3 unspecified atom stereocenters. The second kappa shape index (κ2) is 2.90. The molecule has 3 nitrogen and oxygen atoms in total. The highest BCUT2D eigenvalue weighted by Gasteiger charge is 2.67. The van der Waals surface area contributed by atoms with Crippen LogP contribution in [-0.2, 0) is 4.79 Å². The lowest BCUT2D eigenvalue weighted by Crippen LogP contribution is -2.28. The lowest BCUT2D eigenvalue weighted by Gasteiger charge is -2.10. The van der Waals surface area contributed by atoms with Gasteiger partial charge in [-0.25, -0.2) is 0 Å². The van der Waals surface area contributed by atoms with Gasteiger partial charge in [0.25, 0.3) is 0 Å². The van der Waals surface area contributed by atoms with Gasteiger partial charge >= 0.3 is 0 Å². The Bertz CT molecular complexity index is 358. The van der Waals surface area contributed by atoms with Gasteiger partial charge < -0.3 is 10.2 Å². The molecule has 0 radical (unpaired) electrons. The Morgan fingerprint density at radius 1 is 1.36 bits per heavy atom. The van der Waals surface area contributed by atoms with E-state index in [0.29, 0.717) is 0 Å². The van der Waals surface area contributed by atoms with Crippen LogP contribution in [0.25, 0.3) is 0 Å². The monoisotopic (exact) mass is 192 g/mol. The molecular formula is C11H12O3. The Labute approximate surface area is 82.0 Å². The molecular weight excluding hydrogens is 180 g/mol. The first-order chi connectivity index (χ1) is 6.58. The standard InChI is InChI=1S/C11H12O3/c1-7(12)11(14)9(10(11)13)8-5-3-2-4-6-8/h2-7,9,12,14H,1H3. The minimum Gasteiger partial charge on any atom is -0.390 e. The summed E-state index contributed by atoms with van der Waals surface area (Å²) in [6.07, 6.45) is -1.01. The topological polar surface area (TPSA) is 57.5 Å². The van der Waals surface area contributed by atoms with Crippen molar-refractivity contribution in [3.63, 3.8) is 0 Å². The maximum absolute atomic E-state index is 11.4. The number of hydrogen-bond donors (Lipinski definition) is 2. The van der Waals surface area contributed by atoms with Gasteiger partial charge in [-0.3, -0.25) is 4.79 Å². The molecule has 1 saturated carbocycles. The predicted octanol–water partition coefficient (Wildman–Crippen LogP) is 0.465. The summed E-state index contributed by atoms with van der Waals surface area (Å²) in [6, 6.07) is 9.02. The third-order valence-corrected chi connectivity index (χ3v) is 2.78. The highest BCUT2D eigenvalue weighted by Crippen LogP contribution is 2.49. The van der Waals surface area contributed by atoms with Gasteiger partial charge in [-0.15, -0.1) is 0 Å². The van der Waals surface area contributed by atoms with E-state index in [1.54, 1.807) is 12.1 Å². The Kier molecular flexibility index (Phi) is 1.94. The van der Waals surface area contributed by atoms with Crippen LogP contribution >= 0.6 is 0 Å². The molecule has 2 N–H and O–H groups in total. The third-order valence-electron chi connectivity index (χ3n) is 2.78. The summed E-state index contributed by atoms with van der Waals surface area (Å²) in [7, 11) is 0. The number of aliphatic hydroxyl groups is 2. The number of carbonyl (C=O) groups is 1. The molecule has 3 heteroatoms. The lowest BCUT2D eigenvalue weighted by atomic mass is 10.1. The summed E-state index contributed by atoms with van der Waals surface area (Å²) in [5, 5.41) is 19.1. The number of carbonyl (C=O) groups excluding carboxylic acids is 1. The van der Waals surface area contributed by atoms with Crippen LogP contribution in [-0.4, -0.2) is 27.7 Å². The lowest BCUT2D eigenvalue weighted by molar-refractivity contribution is -0.119. The van der Waals surface area contributed by atoms with Gasteiger partial charge in [0, 0.05) is 0 Å². The van der Waals surface area contributed by atoms with Gasteiger partial charge in [0.05, 0.1) is 12.0 Å². The zero-order valence-electron chi connectivity index (χ0n) is 7.84. The van der Waals surface area contributed by atoms with E-state index in [1.807, 2.05) is 18.2 Å². The minimum absolute atomic E-state index is 0.293. The second-order valence-corrected chi connectivity index (χ2v) is 3.71. The minimum atomic E-state index is -1.55. The van der Waals surface area contributed by atoms with Crippen LogP contribution in [0.15, 0.2) is 30.3 Å². The van der Waals surface area contributed by atoms with Crippen molar-refractivity contribution in [2.45, 2.75) is 24.5 Å². The van der Waals surface area contributed by atoms with E-state index < -0.39 is 17.6 Å². The van der Waals surface area contributed by atoms with E-state index in [4.69, 9.17) is 0 Å². The largest absolute Gasteiger partial charge is 0.390 e. The molecule has 0 bridgehead atoms. The van der Waals surface area contributed by atoms with E-state index in [-0.39, 0.29) is 5.78 Å². The molecule has 0 aliphatic heterocycles. The first-order valence-corrected chi connectivity index (χ1v) is 4.58. The Hall–Kier alpha value is -1.19. The van der Waals surface area contributed by atoms with Crippen molar-refractivity contribution >= 4 is 5.78 Å². The summed E-state index contributed by atoms with van der Waals surface area (Å²) in [6.45, 7) is 1.43. The van der Waals surface area contributed by atoms with Crippen LogP contribution in [0.5, 0.6) is 0 Å². The van der Waals surface area contributed by atoms with Gasteiger partial charge in [-0.2, -0.15) is 0 Å². The van der Waals surface area contributed by atoms with Crippen LogP contribution in [0.2, 0.25) is 0 Å². The predicted molar refractivity (Wildman–Crippen MR) is 50.8 cm³/mol. The Morgan fingerprint density at radius 2 is 1.93 bits per heavy atom.